The van der Waals surface area contributed by atoms with E-state index in [0.717, 1.165) is 52.4 Å². The van der Waals surface area contributed by atoms with Crippen LogP contribution in [-0.2, 0) is 22.7 Å². The molecule has 1 N–H and O–H groups in total. The van der Waals surface area contributed by atoms with Crippen LogP contribution in [0.15, 0.2) is 71.2 Å². The summed E-state index contributed by atoms with van der Waals surface area (Å²) < 4.78 is 6.55. The van der Waals surface area contributed by atoms with Gasteiger partial charge in [0.05, 0.1) is 16.3 Å². The van der Waals surface area contributed by atoms with E-state index < -0.39 is 0 Å². The number of thiophene rings is 1. The second-order valence-corrected chi connectivity index (χ2v) is 12.5. The third-order valence-corrected chi connectivity index (χ3v) is 9.10. The van der Waals surface area contributed by atoms with Crippen LogP contribution in [0.25, 0.3) is 10.2 Å². The summed E-state index contributed by atoms with van der Waals surface area (Å²) in [5.74, 6) is 1.22. The van der Waals surface area contributed by atoms with Crippen LogP contribution in [0.5, 0.6) is 0 Å². The molecule has 0 spiro atoms. The molecule has 6 rings (SSSR count). The summed E-state index contributed by atoms with van der Waals surface area (Å²) in [5, 5.41) is 9.94. The van der Waals surface area contributed by atoms with Crippen molar-refractivity contribution in [1.29, 1.82) is 0 Å². The van der Waals surface area contributed by atoms with E-state index in [1.165, 1.54) is 5.56 Å². The number of nitrogens with one attached hydrogen (secondary N) is 1. The summed E-state index contributed by atoms with van der Waals surface area (Å²) in [7, 11) is 0. The van der Waals surface area contributed by atoms with E-state index in [-0.39, 0.29) is 18.1 Å². The van der Waals surface area contributed by atoms with E-state index in [1.807, 2.05) is 41.8 Å². The van der Waals surface area contributed by atoms with Gasteiger partial charge in [-0.3, -0.25) is 4.90 Å². The molecular formula is C33H38N6O3S. The fourth-order valence-corrected chi connectivity index (χ4v) is 6.34. The van der Waals surface area contributed by atoms with Crippen molar-refractivity contribution in [3.8, 4) is 0 Å². The predicted molar refractivity (Wildman–Crippen MR) is 170 cm³/mol. The van der Waals surface area contributed by atoms with Crippen LogP contribution >= 0.6 is 11.3 Å². The molecule has 2 aliphatic heterocycles. The molecule has 2 aromatic carbocycles. The van der Waals surface area contributed by atoms with Gasteiger partial charge in [-0.05, 0) is 41.0 Å². The van der Waals surface area contributed by atoms with Crippen molar-refractivity contribution in [3.05, 3.63) is 88.4 Å². The van der Waals surface area contributed by atoms with Crippen LogP contribution in [0.4, 0.5) is 10.7 Å². The second-order valence-electron chi connectivity index (χ2n) is 11.6. The van der Waals surface area contributed by atoms with Gasteiger partial charge >= 0.3 is 6.09 Å². The number of piperazine rings is 1. The number of fused-ring (bicyclic) bond motifs is 1. The highest BCUT2D eigenvalue weighted by Crippen LogP contribution is 2.31. The maximum Gasteiger partial charge on any atom is 0.410 e. The summed E-state index contributed by atoms with van der Waals surface area (Å²) in [5.41, 5.74) is 6.10. The number of carbonyl (C=O) groups excluding carboxylic acids is 1. The maximum absolute atomic E-state index is 12.5. The Morgan fingerprint density at radius 2 is 1.77 bits per heavy atom. The van der Waals surface area contributed by atoms with Gasteiger partial charge < -0.3 is 19.8 Å². The molecule has 4 aromatic rings. The Bertz CT molecular complexity index is 1560. The molecule has 224 valence electrons. The van der Waals surface area contributed by atoms with Crippen molar-refractivity contribution in [2.45, 2.75) is 40.0 Å². The number of aromatic nitrogens is 2. The van der Waals surface area contributed by atoms with E-state index in [4.69, 9.17) is 19.5 Å². The highest BCUT2D eigenvalue weighted by atomic mass is 32.1. The van der Waals surface area contributed by atoms with Crippen molar-refractivity contribution >= 4 is 39.3 Å². The number of benzene rings is 2. The Morgan fingerprint density at radius 3 is 2.51 bits per heavy atom. The fourth-order valence-electron chi connectivity index (χ4n) is 5.51. The number of carbonyl (C=O) groups is 1. The smallest absolute Gasteiger partial charge is 0.410 e. The molecular weight excluding hydrogens is 560 g/mol. The van der Waals surface area contributed by atoms with Gasteiger partial charge in [-0.25, -0.2) is 14.8 Å². The Hall–Kier alpha value is -4.02. The first-order chi connectivity index (χ1) is 20.9. The van der Waals surface area contributed by atoms with Crippen LogP contribution < -0.4 is 5.32 Å². The van der Waals surface area contributed by atoms with Gasteiger partial charge in [0.2, 0.25) is 5.95 Å². The van der Waals surface area contributed by atoms with E-state index in [2.05, 4.69) is 60.4 Å². The molecule has 9 nitrogen and oxygen atoms in total. The van der Waals surface area contributed by atoms with Gasteiger partial charge in [-0.1, -0.05) is 73.6 Å². The van der Waals surface area contributed by atoms with Crippen LogP contribution in [0.2, 0.25) is 0 Å². The number of ether oxygens (including phenoxy) is 1. The van der Waals surface area contributed by atoms with Crippen LogP contribution in [0.3, 0.4) is 0 Å². The molecule has 2 aromatic heterocycles. The fraction of sp³-hybridized carbons (Fsp3) is 0.394. The monoisotopic (exact) mass is 598 g/mol. The summed E-state index contributed by atoms with van der Waals surface area (Å²) in [6, 6.07) is 20.5. The normalized spacial score (nSPS) is 18.0. The SMILES string of the molecule is CC(C)[C@@H]1CON=C1c1nc(N[C@@H](C)c2ccc(CN3CCN(C(=O)OCc4ccccc4)CC3)cc2)nc2ccsc12. The summed E-state index contributed by atoms with van der Waals surface area (Å²) in [4.78, 5) is 31.9. The summed E-state index contributed by atoms with van der Waals surface area (Å²) in [6.45, 7) is 11.2. The zero-order valence-electron chi connectivity index (χ0n) is 24.9. The zero-order valence-corrected chi connectivity index (χ0v) is 25.7. The largest absolute Gasteiger partial charge is 0.445 e. The van der Waals surface area contributed by atoms with Crippen LogP contribution in [0, 0.1) is 11.8 Å². The molecule has 2 atom stereocenters. The van der Waals surface area contributed by atoms with E-state index in [9.17, 15) is 4.79 Å². The lowest BCUT2D eigenvalue weighted by Gasteiger charge is -2.34. The first-order valence-electron chi connectivity index (χ1n) is 14.9. The third-order valence-electron chi connectivity index (χ3n) is 8.19. The molecule has 1 fully saturated rings. The second kappa shape index (κ2) is 13.1. The molecule has 0 unspecified atom stereocenters. The molecule has 0 radical (unpaired) electrons. The number of rotatable bonds is 9. The standard InChI is InChI=1S/C33H38N6O3S/c1-22(2)27-21-42-37-29(27)30-31-28(13-18-43-31)35-32(36-30)34-23(3)26-11-9-24(10-12-26)19-38-14-16-39(17-15-38)33(40)41-20-25-7-5-4-6-8-25/h4-13,18,22-23,27H,14-17,19-21H2,1-3H3,(H,34,35,36)/t23-,27-/m0/s1. The molecule has 0 bridgehead atoms. The average Bonchev–Trinajstić information content (AvgIpc) is 3.71. The number of nitrogens with zero attached hydrogens (tertiary/aromatic N) is 5. The number of hydrogen-bond acceptors (Lipinski definition) is 9. The first-order valence-corrected chi connectivity index (χ1v) is 15.8. The highest BCUT2D eigenvalue weighted by Gasteiger charge is 2.31. The average molecular weight is 599 g/mol. The Labute approximate surface area is 256 Å². The molecule has 4 heterocycles. The lowest BCUT2D eigenvalue weighted by molar-refractivity contribution is 0.0700. The van der Waals surface area contributed by atoms with Crippen molar-refractivity contribution in [3.63, 3.8) is 0 Å². The predicted octanol–water partition coefficient (Wildman–Crippen LogP) is 6.33. The van der Waals surface area contributed by atoms with Crippen molar-refractivity contribution in [2.24, 2.45) is 17.0 Å². The highest BCUT2D eigenvalue weighted by molar-refractivity contribution is 7.17. The van der Waals surface area contributed by atoms with Crippen molar-refractivity contribution in [1.82, 2.24) is 19.8 Å². The topological polar surface area (TPSA) is 92.2 Å². The Balaban J connectivity index is 1.03. The minimum absolute atomic E-state index is 0.0195. The quantitative estimate of drug-likeness (QED) is 0.241. The minimum Gasteiger partial charge on any atom is -0.445 e. The van der Waals surface area contributed by atoms with Gasteiger partial charge in [-0.2, -0.15) is 0 Å². The Kier molecular flexibility index (Phi) is 8.85. The van der Waals surface area contributed by atoms with Gasteiger partial charge in [0.15, 0.2) is 0 Å². The van der Waals surface area contributed by atoms with Gasteiger partial charge in [0.1, 0.15) is 24.6 Å². The zero-order chi connectivity index (χ0) is 29.8. The lowest BCUT2D eigenvalue weighted by Crippen LogP contribution is -2.48. The van der Waals surface area contributed by atoms with E-state index in [0.29, 0.717) is 38.2 Å². The molecule has 2 aliphatic rings. The third kappa shape index (κ3) is 6.81. The number of amides is 1. The van der Waals surface area contributed by atoms with Gasteiger partial charge in [0.25, 0.3) is 0 Å². The number of hydrogen-bond donors (Lipinski definition) is 1. The summed E-state index contributed by atoms with van der Waals surface area (Å²) >= 11 is 1.64. The summed E-state index contributed by atoms with van der Waals surface area (Å²) in [6.07, 6.45) is -0.243. The molecule has 0 saturated carbocycles. The molecule has 1 saturated heterocycles. The molecule has 10 heteroatoms. The number of oxime groups is 1. The molecule has 0 aliphatic carbocycles. The first kappa shape index (κ1) is 29.1. The van der Waals surface area contributed by atoms with Crippen LogP contribution in [0.1, 0.15) is 49.2 Å². The maximum atomic E-state index is 12.5. The van der Waals surface area contributed by atoms with E-state index >= 15 is 0 Å². The molecule has 43 heavy (non-hydrogen) atoms. The van der Waals surface area contributed by atoms with Crippen molar-refractivity contribution < 1.29 is 14.4 Å². The van der Waals surface area contributed by atoms with Gasteiger partial charge in [-0.15, -0.1) is 11.3 Å². The molecule has 1 amide bonds. The lowest BCUT2D eigenvalue weighted by atomic mass is 9.90. The van der Waals surface area contributed by atoms with E-state index in [1.54, 1.807) is 16.2 Å². The van der Waals surface area contributed by atoms with Crippen molar-refractivity contribution in [2.75, 3.05) is 38.1 Å². The Morgan fingerprint density at radius 1 is 1.00 bits per heavy atom. The number of anilines is 1. The minimum atomic E-state index is -0.243. The van der Waals surface area contributed by atoms with Crippen LogP contribution in [-0.4, -0.2) is 64.4 Å². The van der Waals surface area contributed by atoms with Gasteiger partial charge in [0, 0.05) is 38.6 Å².